The van der Waals surface area contributed by atoms with E-state index in [9.17, 15) is 4.39 Å². The predicted octanol–water partition coefficient (Wildman–Crippen LogP) is 4.88. The van der Waals surface area contributed by atoms with Crippen LogP contribution in [0.15, 0.2) is 36.2 Å². The van der Waals surface area contributed by atoms with E-state index in [1.54, 1.807) is 6.08 Å². The molecule has 1 fully saturated rings. The zero-order chi connectivity index (χ0) is 14.7. The Labute approximate surface area is 126 Å². The van der Waals surface area contributed by atoms with E-state index in [1.165, 1.54) is 5.56 Å². The van der Waals surface area contributed by atoms with Gasteiger partial charge in [0.05, 0.1) is 19.0 Å². The van der Waals surface area contributed by atoms with Gasteiger partial charge in [-0.15, -0.1) is 0 Å². The first-order chi connectivity index (χ1) is 10.3. The van der Waals surface area contributed by atoms with Crippen LogP contribution in [-0.4, -0.2) is 13.2 Å². The number of rotatable bonds is 3. The van der Waals surface area contributed by atoms with Crippen molar-refractivity contribution >= 4 is 0 Å². The van der Waals surface area contributed by atoms with Crippen molar-refractivity contribution in [2.45, 2.75) is 44.8 Å². The third kappa shape index (κ3) is 3.53. The van der Waals surface area contributed by atoms with E-state index in [0.29, 0.717) is 18.3 Å². The molecule has 2 aliphatic rings. The van der Waals surface area contributed by atoms with Crippen molar-refractivity contribution in [3.8, 4) is 0 Å². The van der Waals surface area contributed by atoms with E-state index < -0.39 is 0 Å². The van der Waals surface area contributed by atoms with Crippen LogP contribution in [0.4, 0.5) is 4.39 Å². The van der Waals surface area contributed by atoms with Crippen LogP contribution in [0.2, 0.25) is 0 Å². The highest BCUT2D eigenvalue weighted by atomic mass is 19.1. The summed E-state index contributed by atoms with van der Waals surface area (Å²) in [5, 5.41) is 0. The zero-order valence-electron chi connectivity index (χ0n) is 12.6. The maximum atomic E-state index is 13.1. The lowest BCUT2D eigenvalue weighted by Crippen LogP contribution is -2.26. The summed E-state index contributed by atoms with van der Waals surface area (Å²) in [6.45, 7) is 3.71. The van der Waals surface area contributed by atoms with Gasteiger partial charge in [-0.3, -0.25) is 0 Å². The summed E-state index contributed by atoms with van der Waals surface area (Å²) < 4.78 is 24.6. The minimum Gasteiger partial charge on any atom is -0.348 e. The summed E-state index contributed by atoms with van der Waals surface area (Å²) in [5.74, 6) is 0.998. The lowest BCUT2D eigenvalue weighted by atomic mass is 9.87. The third-order valence-electron chi connectivity index (χ3n) is 4.58. The standard InChI is InChI=1S/C18H23FO2/c1-2-13-11-20-18(21-12-13)16-5-3-14(4-6-16)15-7-9-17(19)10-8-15/h3-6,9,13,15,18H,2,7-8,10-12H2,1H3. The molecule has 1 unspecified atom stereocenters. The van der Waals surface area contributed by atoms with Gasteiger partial charge in [0, 0.05) is 11.5 Å². The molecule has 21 heavy (non-hydrogen) atoms. The quantitative estimate of drug-likeness (QED) is 0.790. The average molecular weight is 290 g/mol. The first-order valence-electron chi connectivity index (χ1n) is 7.94. The monoisotopic (exact) mass is 290 g/mol. The number of allylic oxidation sites excluding steroid dienone is 2. The fraction of sp³-hybridized carbons (Fsp3) is 0.556. The van der Waals surface area contributed by atoms with Gasteiger partial charge in [0.25, 0.3) is 0 Å². The van der Waals surface area contributed by atoms with E-state index in [1.807, 2.05) is 0 Å². The van der Waals surface area contributed by atoms with E-state index in [4.69, 9.17) is 9.47 Å². The smallest absolute Gasteiger partial charge is 0.183 e. The molecule has 0 bridgehead atoms. The summed E-state index contributed by atoms with van der Waals surface area (Å²) in [7, 11) is 0. The molecule has 0 spiro atoms. The second-order valence-electron chi connectivity index (χ2n) is 6.06. The summed E-state index contributed by atoms with van der Waals surface area (Å²) >= 11 is 0. The predicted molar refractivity (Wildman–Crippen MR) is 80.7 cm³/mol. The fourth-order valence-electron chi connectivity index (χ4n) is 3.00. The molecular formula is C18H23FO2. The van der Waals surface area contributed by atoms with Crippen molar-refractivity contribution in [1.29, 1.82) is 0 Å². The number of hydrogen-bond acceptors (Lipinski definition) is 2. The molecule has 3 rings (SSSR count). The van der Waals surface area contributed by atoms with Crippen molar-refractivity contribution in [1.82, 2.24) is 0 Å². The van der Waals surface area contributed by atoms with E-state index in [-0.39, 0.29) is 12.1 Å². The molecule has 0 radical (unpaired) electrons. The van der Waals surface area contributed by atoms with Crippen LogP contribution in [0, 0.1) is 5.92 Å². The number of ether oxygens (including phenoxy) is 2. The minimum absolute atomic E-state index is 0.0392. The average Bonchev–Trinajstić information content (AvgIpc) is 2.56. The molecule has 0 amide bonds. The molecule has 3 heteroatoms. The lowest BCUT2D eigenvalue weighted by molar-refractivity contribution is -0.205. The molecule has 1 aliphatic heterocycles. The van der Waals surface area contributed by atoms with Gasteiger partial charge in [0.1, 0.15) is 0 Å². The Hall–Kier alpha value is -1.19. The molecule has 0 saturated carbocycles. The molecule has 1 aliphatic carbocycles. The van der Waals surface area contributed by atoms with Gasteiger partial charge in [0.2, 0.25) is 0 Å². The SMILES string of the molecule is CCC1COC(c2ccc(C3CC=C(F)CC3)cc2)OC1. The van der Waals surface area contributed by atoms with Crippen molar-refractivity contribution in [3.05, 3.63) is 47.3 Å². The second-order valence-corrected chi connectivity index (χ2v) is 6.06. The Morgan fingerprint density at radius 1 is 1.10 bits per heavy atom. The molecule has 1 heterocycles. The van der Waals surface area contributed by atoms with Crippen LogP contribution in [-0.2, 0) is 9.47 Å². The first kappa shape index (κ1) is 14.7. The second kappa shape index (κ2) is 6.71. The largest absolute Gasteiger partial charge is 0.348 e. The molecule has 1 aromatic carbocycles. The van der Waals surface area contributed by atoms with Crippen molar-refractivity contribution in [2.75, 3.05) is 13.2 Å². The van der Waals surface area contributed by atoms with Crippen molar-refractivity contribution in [2.24, 2.45) is 5.92 Å². The Morgan fingerprint density at radius 3 is 2.33 bits per heavy atom. The maximum Gasteiger partial charge on any atom is 0.183 e. The van der Waals surface area contributed by atoms with Gasteiger partial charge in [-0.05, 0) is 37.2 Å². The van der Waals surface area contributed by atoms with Gasteiger partial charge >= 0.3 is 0 Å². The summed E-state index contributed by atoms with van der Waals surface area (Å²) in [5.41, 5.74) is 2.36. The van der Waals surface area contributed by atoms with Crippen molar-refractivity contribution < 1.29 is 13.9 Å². The first-order valence-corrected chi connectivity index (χ1v) is 7.94. The highest BCUT2D eigenvalue weighted by molar-refractivity contribution is 5.27. The molecule has 0 N–H and O–H groups in total. The third-order valence-corrected chi connectivity index (χ3v) is 4.58. The summed E-state index contributed by atoms with van der Waals surface area (Å²) in [6.07, 6.45) is 4.86. The Morgan fingerprint density at radius 2 is 1.76 bits per heavy atom. The van der Waals surface area contributed by atoms with Crippen LogP contribution < -0.4 is 0 Å². The van der Waals surface area contributed by atoms with E-state index in [2.05, 4.69) is 31.2 Å². The molecular weight excluding hydrogens is 267 g/mol. The molecule has 0 aromatic heterocycles. The molecule has 1 saturated heterocycles. The van der Waals surface area contributed by atoms with Gasteiger partial charge in [0.15, 0.2) is 6.29 Å². The zero-order valence-corrected chi connectivity index (χ0v) is 12.6. The number of halogens is 1. The van der Waals surface area contributed by atoms with Crippen molar-refractivity contribution in [3.63, 3.8) is 0 Å². The Kier molecular flexibility index (Phi) is 4.71. The van der Waals surface area contributed by atoms with Crippen LogP contribution in [0.25, 0.3) is 0 Å². The van der Waals surface area contributed by atoms with Gasteiger partial charge in [-0.25, -0.2) is 4.39 Å². The van der Waals surface area contributed by atoms with E-state index in [0.717, 1.165) is 38.0 Å². The topological polar surface area (TPSA) is 18.5 Å². The normalized spacial score (nSPS) is 30.0. The number of hydrogen-bond donors (Lipinski definition) is 0. The minimum atomic E-state index is -0.231. The van der Waals surface area contributed by atoms with Crippen LogP contribution >= 0.6 is 0 Å². The Bertz CT molecular complexity index is 486. The van der Waals surface area contributed by atoms with Gasteiger partial charge < -0.3 is 9.47 Å². The molecule has 114 valence electrons. The maximum absolute atomic E-state index is 13.1. The highest BCUT2D eigenvalue weighted by Crippen LogP contribution is 2.33. The van der Waals surface area contributed by atoms with Crippen LogP contribution in [0.1, 0.15) is 55.9 Å². The highest BCUT2D eigenvalue weighted by Gasteiger charge is 2.23. The molecule has 2 nitrogen and oxygen atoms in total. The van der Waals surface area contributed by atoms with Gasteiger partial charge in [-0.1, -0.05) is 37.3 Å². The van der Waals surface area contributed by atoms with Crippen LogP contribution in [0.3, 0.4) is 0 Å². The van der Waals surface area contributed by atoms with E-state index >= 15 is 0 Å². The summed E-state index contributed by atoms with van der Waals surface area (Å²) in [6, 6.07) is 8.44. The van der Waals surface area contributed by atoms with Gasteiger partial charge in [-0.2, -0.15) is 0 Å². The molecule has 1 aromatic rings. The van der Waals surface area contributed by atoms with Crippen LogP contribution in [0.5, 0.6) is 0 Å². The summed E-state index contributed by atoms with van der Waals surface area (Å²) in [4.78, 5) is 0. The fourth-order valence-corrected chi connectivity index (χ4v) is 3.00. The Balaban J connectivity index is 1.62. The molecule has 1 atom stereocenters. The lowest BCUT2D eigenvalue weighted by Gasteiger charge is -2.29. The number of benzene rings is 1.